The Morgan fingerprint density at radius 1 is 1.23 bits per heavy atom. The second-order valence-corrected chi connectivity index (χ2v) is 8.62. The van der Waals surface area contributed by atoms with Gasteiger partial charge in [0, 0.05) is 44.2 Å². The van der Waals surface area contributed by atoms with E-state index < -0.39 is 0 Å². The molecule has 0 radical (unpaired) electrons. The average Bonchev–Trinajstić information content (AvgIpc) is 3.37. The van der Waals surface area contributed by atoms with E-state index in [1.807, 2.05) is 37.2 Å². The molecule has 1 saturated heterocycles. The Labute approximate surface area is 181 Å². The SMILES string of the molecule is Cc1nc(NC(=O)N2CCC3(CCC3)C2)ccc1Oc1ccnc(-c2cnn(C)c2)c1. The third-order valence-corrected chi connectivity index (χ3v) is 6.37. The van der Waals surface area contributed by atoms with Gasteiger partial charge in [-0.1, -0.05) is 6.42 Å². The van der Waals surface area contributed by atoms with E-state index in [1.165, 1.54) is 19.3 Å². The van der Waals surface area contributed by atoms with E-state index in [9.17, 15) is 4.79 Å². The van der Waals surface area contributed by atoms with Crippen molar-refractivity contribution in [2.45, 2.75) is 32.6 Å². The van der Waals surface area contributed by atoms with Crippen molar-refractivity contribution in [3.8, 4) is 22.8 Å². The molecule has 4 heterocycles. The summed E-state index contributed by atoms with van der Waals surface area (Å²) in [6, 6.07) is 7.21. The van der Waals surface area contributed by atoms with Crippen LogP contribution in [0, 0.1) is 12.3 Å². The van der Waals surface area contributed by atoms with Crippen LogP contribution in [0.15, 0.2) is 42.9 Å². The summed E-state index contributed by atoms with van der Waals surface area (Å²) in [4.78, 5) is 23.5. The number of nitrogens with one attached hydrogen (secondary N) is 1. The molecule has 1 N–H and O–H groups in total. The van der Waals surface area contributed by atoms with E-state index >= 15 is 0 Å². The molecule has 31 heavy (non-hydrogen) atoms. The van der Waals surface area contributed by atoms with Crippen molar-refractivity contribution in [1.82, 2.24) is 24.6 Å². The number of ether oxygens (including phenoxy) is 1. The molecule has 3 aromatic rings. The van der Waals surface area contributed by atoms with Crippen LogP contribution >= 0.6 is 0 Å². The number of rotatable bonds is 4. The number of carbonyl (C=O) groups excluding carboxylic acids is 1. The average molecular weight is 419 g/mol. The third-order valence-electron chi connectivity index (χ3n) is 6.37. The summed E-state index contributed by atoms with van der Waals surface area (Å²) in [6.45, 7) is 3.56. The lowest BCUT2D eigenvalue weighted by atomic mass is 9.68. The molecule has 1 saturated carbocycles. The minimum atomic E-state index is -0.0698. The van der Waals surface area contributed by atoms with Gasteiger partial charge in [-0.05, 0) is 49.8 Å². The summed E-state index contributed by atoms with van der Waals surface area (Å²) in [6.07, 6.45) is 10.3. The fourth-order valence-electron chi connectivity index (χ4n) is 4.42. The van der Waals surface area contributed by atoms with E-state index in [2.05, 4.69) is 20.4 Å². The van der Waals surface area contributed by atoms with Crippen LogP contribution in [-0.2, 0) is 7.05 Å². The monoisotopic (exact) mass is 418 g/mol. The zero-order chi connectivity index (χ0) is 21.4. The van der Waals surface area contributed by atoms with Crippen molar-refractivity contribution in [3.05, 3.63) is 48.5 Å². The Kier molecular flexibility index (Phi) is 4.84. The highest BCUT2D eigenvalue weighted by molar-refractivity contribution is 5.88. The van der Waals surface area contributed by atoms with Gasteiger partial charge in [0.25, 0.3) is 0 Å². The van der Waals surface area contributed by atoms with E-state index in [0.717, 1.165) is 30.8 Å². The first kappa shape index (κ1) is 19.5. The summed E-state index contributed by atoms with van der Waals surface area (Å²) in [5.41, 5.74) is 2.80. The Bertz CT molecular complexity index is 1120. The standard InChI is InChI=1S/C23H26N6O2/c1-16-20(31-18-6-10-24-19(12-18)17-13-25-28(2)14-17)4-5-21(26-16)27-22(30)29-11-9-23(15-29)7-3-8-23/h4-6,10,12-14H,3,7-9,11,15H2,1-2H3,(H,26,27,30). The Morgan fingerprint density at radius 3 is 2.77 bits per heavy atom. The van der Waals surface area contributed by atoms with E-state index in [-0.39, 0.29) is 6.03 Å². The fourth-order valence-corrected chi connectivity index (χ4v) is 4.42. The summed E-state index contributed by atoms with van der Waals surface area (Å²) in [5, 5.41) is 7.12. The van der Waals surface area contributed by atoms with Crippen LogP contribution in [0.25, 0.3) is 11.3 Å². The molecular formula is C23H26N6O2. The van der Waals surface area contributed by atoms with Crippen LogP contribution < -0.4 is 10.1 Å². The van der Waals surface area contributed by atoms with Gasteiger partial charge >= 0.3 is 6.03 Å². The van der Waals surface area contributed by atoms with Gasteiger partial charge in [-0.25, -0.2) is 9.78 Å². The molecule has 2 fully saturated rings. The summed E-state index contributed by atoms with van der Waals surface area (Å²) < 4.78 is 7.77. The Hall–Kier alpha value is -3.42. The van der Waals surface area contributed by atoms with Gasteiger partial charge in [-0.15, -0.1) is 0 Å². The molecule has 0 aromatic carbocycles. The molecule has 0 unspecified atom stereocenters. The molecular weight excluding hydrogens is 392 g/mol. The van der Waals surface area contributed by atoms with Gasteiger partial charge in [0.2, 0.25) is 0 Å². The zero-order valence-corrected chi connectivity index (χ0v) is 17.8. The van der Waals surface area contributed by atoms with Crippen molar-refractivity contribution in [2.24, 2.45) is 12.5 Å². The van der Waals surface area contributed by atoms with Gasteiger partial charge in [0.15, 0.2) is 0 Å². The number of hydrogen-bond acceptors (Lipinski definition) is 5. The van der Waals surface area contributed by atoms with Crippen molar-refractivity contribution in [1.29, 1.82) is 0 Å². The highest BCUT2D eigenvalue weighted by atomic mass is 16.5. The van der Waals surface area contributed by atoms with Gasteiger partial charge in [0.1, 0.15) is 17.3 Å². The lowest BCUT2D eigenvalue weighted by molar-refractivity contribution is 0.144. The number of aromatic nitrogens is 4. The Balaban J connectivity index is 1.25. The number of hydrogen-bond donors (Lipinski definition) is 1. The molecule has 0 bridgehead atoms. The Morgan fingerprint density at radius 2 is 2.10 bits per heavy atom. The maximum Gasteiger partial charge on any atom is 0.323 e. The van der Waals surface area contributed by atoms with Gasteiger partial charge in [0.05, 0.1) is 17.6 Å². The maximum absolute atomic E-state index is 12.6. The molecule has 160 valence electrons. The van der Waals surface area contributed by atoms with Crippen LogP contribution in [0.5, 0.6) is 11.5 Å². The number of pyridine rings is 2. The van der Waals surface area contributed by atoms with Crippen molar-refractivity contribution >= 4 is 11.8 Å². The number of aryl methyl sites for hydroxylation is 2. The second-order valence-electron chi connectivity index (χ2n) is 8.62. The molecule has 8 heteroatoms. The minimum absolute atomic E-state index is 0.0698. The first-order chi connectivity index (χ1) is 15.0. The van der Waals surface area contributed by atoms with E-state index in [1.54, 1.807) is 29.2 Å². The molecule has 8 nitrogen and oxygen atoms in total. The molecule has 5 rings (SSSR count). The van der Waals surface area contributed by atoms with E-state index in [4.69, 9.17) is 4.74 Å². The predicted octanol–water partition coefficient (Wildman–Crippen LogP) is 4.39. The number of carbonyl (C=O) groups is 1. The first-order valence-electron chi connectivity index (χ1n) is 10.7. The number of urea groups is 1. The number of amides is 2. The number of likely N-dealkylation sites (tertiary alicyclic amines) is 1. The van der Waals surface area contributed by atoms with Crippen molar-refractivity contribution in [2.75, 3.05) is 18.4 Å². The van der Waals surface area contributed by atoms with Gasteiger partial charge in [-0.2, -0.15) is 5.10 Å². The van der Waals surface area contributed by atoms with Crippen LogP contribution in [-0.4, -0.2) is 43.8 Å². The third kappa shape index (κ3) is 3.97. The fraction of sp³-hybridized carbons (Fsp3) is 0.391. The van der Waals surface area contributed by atoms with Crippen LogP contribution in [0.1, 0.15) is 31.4 Å². The molecule has 2 aliphatic rings. The molecule has 2 amide bonds. The summed E-state index contributed by atoms with van der Waals surface area (Å²) in [7, 11) is 1.87. The minimum Gasteiger partial charge on any atom is -0.455 e. The quantitative estimate of drug-likeness (QED) is 0.679. The number of nitrogens with zero attached hydrogens (tertiary/aromatic N) is 5. The van der Waals surface area contributed by atoms with E-state index in [0.29, 0.717) is 28.4 Å². The highest BCUT2D eigenvalue weighted by Gasteiger charge is 2.44. The normalized spacial score (nSPS) is 16.9. The van der Waals surface area contributed by atoms with Gasteiger partial charge in [-0.3, -0.25) is 15.0 Å². The molecule has 1 aliphatic carbocycles. The van der Waals surface area contributed by atoms with Crippen molar-refractivity contribution < 1.29 is 9.53 Å². The predicted molar refractivity (Wildman–Crippen MR) is 117 cm³/mol. The molecule has 3 aromatic heterocycles. The van der Waals surface area contributed by atoms with Crippen LogP contribution in [0.3, 0.4) is 0 Å². The lowest BCUT2D eigenvalue weighted by Crippen LogP contribution is -2.38. The molecule has 0 atom stereocenters. The first-order valence-corrected chi connectivity index (χ1v) is 10.7. The van der Waals surface area contributed by atoms with Crippen molar-refractivity contribution in [3.63, 3.8) is 0 Å². The summed E-state index contributed by atoms with van der Waals surface area (Å²) in [5.74, 6) is 1.84. The zero-order valence-electron chi connectivity index (χ0n) is 17.8. The topological polar surface area (TPSA) is 85.2 Å². The summed E-state index contributed by atoms with van der Waals surface area (Å²) >= 11 is 0. The molecule has 1 aliphatic heterocycles. The highest BCUT2D eigenvalue weighted by Crippen LogP contribution is 2.48. The lowest BCUT2D eigenvalue weighted by Gasteiger charge is -2.37. The molecule has 1 spiro atoms. The smallest absolute Gasteiger partial charge is 0.323 e. The second kappa shape index (κ2) is 7.68. The van der Waals surface area contributed by atoms with Crippen LogP contribution in [0.4, 0.5) is 10.6 Å². The maximum atomic E-state index is 12.6. The largest absolute Gasteiger partial charge is 0.455 e. The van der Waals surface area contributed by atoms with Gasteiger partial charge < -0.3 is 9.64 Å². The van der Waals surface area contributed by atoms with Crippen LogP contribution in [0.2, 0.25) is 0 Å². The number of anilines is 1.